The highest BCUT2D eigenvalue weighted by Crippen LogP contribution is 2.36. The summed E-state index contributed by atoms with van der Waals surface area (Å²) >= 11 is 0. The van der Waals surface area contributed by atoms with Gasteiger partial charge in [0.15, 0.2) is 11.5 Å². The predicted molar refractivity (Wildman–Crippen MR) is 102 cm³/mol. The van der Waals surface area contributed by atoms with Gasteiger partial charge in [0, 0.05) is 25.2 Å². The van der Waals surface area contributed by atoms with E-state index < -0.39 is 67.5 Å². The molecule has 0 fully saturated rings. The van der Waals surface area contributed by atoms with Crippen molar-refractivity contribution in [3.05, 3.63) is 35.7 Å². The number of amides is 1. The maximum absolute atomic E-state index is 13.3. The van der Waals surface area contributed by atoms with Gasteiger partial charge in [-0.2, -0.15) is 39.5 Å². The minimum atomic E-state index is -5.57. The first-order chi connectivity index (χ1) is 15.9. The second kappa shape index (κ2) is 8.46. The number of hydrogen-bond donors (Lipinski definition) is 0. The standard InChI is InChI=1S/C18H12F9N5O2S/c1-3-35(34,31-15(33)18(25,26)27)11-5-9(17(22,23)24)6-28-12(11)14-30-10-4-8(16(19,20)21)7-29-13(10)32(14)2/h4-7H,3H2,1-2H3. The zero-order valence-corrected chi connectivity index (χ0v) is 18.2. The molecule has 3 rings (SSSR count). The van der Waals surface area contributed by atoms with Crippen LogP contribution in [0.15, 0.2) is 33.8 Å². The van der Waals surface area contributed by atoms with Gasteiger partial charge in [0.2, 0.25) is 0 Å². The maximum Gasteiger partial charge on any atom is 0.474 e. The highest BCUT2D eigenvalue weighted by molar-refractivity contribution is 7.94. The van der Waals surface area contributed by atoms with Crippen LogP contribution in [0.25, 0.3) is 22.7 Å². The van der Waals surface area contributed by atoms with Gasteiger partial charge in [-0.1, -0.05) is 6.92 Å². The summed E-state index contributed by atoms with van der Waals surface area (Å²) < 4.78 is 134. The van der Waals surface area contributed by atoms with Crippen molar-refractivity contribution in [3.8, 4) is 11.5 Å². The average Bonchev–Trinajstić information content (AvgIpc) is 3.07. The number of alkyl halides is 9. The lowest BCUT2D eigenvalue weighted by Gasteiger charge is -2.15. The number of fused-ring (bicyclic) bond motifs is 1. The second-order valence-corrected chi connectivity index (χ2v) is 9.43. The molecular weight excluding hydrogens is 521 g/mol. The van der Waals surface area contributed by atoms with Gasteiger partial charge in [-0.05, 0) is 12.1 Å². The number of pyridine rings is 2. The Bertz CT molecular complexity index is 1430. The number of aryl methyl sites for hydroxylation is 1. The molecule has 1 atom stereocenters. The van der Waals surface area contributed by atoms with Crippen molar-refractivity contribution in [3.63, 3.8) is 0 Å². The molecule has 1 amide bonds. The van der Waals surface area contributed by atoms with Crippen LogP contribution in [0.4, 0.5) is 39.5 Å². The van der Waals surface area contributed by atoms with E-state index in [9.17, 15) is 48.5 Å². The van der Waals surface area contributed by atoms with E-state index in [0.717, 1.165) is 11.5 Å². The average molecular weight is 533 g/mol. The van der Waals surface area contributed by atoms with Crippen LogP contribution in [0.2, 0.25) is 0 Å². The molecule has 3 aromatic heterocycles. The van der Waals surface area contributed by atoms with E-state index in [1.54, 1.807) is 0 Å². The molecule has 35 heavy (non-hydrogen) atoms. The summed E-state index contributed by atoms with van der Waals surface area (Å²) in [6, 6.07) is 0.805. The van der Waals surface area contributed by atoms with Crippen molar-refractivity contribution in [2.45, 2.75) is 30.3 Å². The number of carbonyl (C=O) groups excluding carboxylic acids is 1. The van der Waals surface area contributed by atoms with Crippen molar-refractivity contribution in [2.24, 2.45) is 11.4 Å². The summed E-state index contributed by atoms with van der Waals surface area (Å²) in [6.07, 6.45) is -14.7. The van der Waals surface area contributed by atoms with Crippen LogP contribution in [0.3, 0.4) is 0 Å². The topological polar surface area (TPSA) is 90.1 Å². The van der Waals surface area contributed by atoms with Crippen LogP contribution < -0.4 is 0 Å². The van der Waals surface area contributed by atoms with Crippen LogP contribution in [0.1, 0.15) is 18.1 Å². The number of halogens is 9. The third kappa shape index (κ3) is 5.08. The van der Waals surface area contributed by atoms with Gasteiger partial charge in [-0.15, -0.1) is 4.36 Å². The van der Waals surface area contributed by atoms with E-state index in [1.165, 1.54) is 7.05 Å². The Balaban J connectivity index is 2.38. The lowest BCUT2D eigenvalue weighted by Crippen LogP contribution is -2.23. The third-order valence-corrected chi connectivity index (χ3v) is 6.88. The first-order valence-electron chi connectivity index (χ1n) is 9.22. The quantitative estimate of drug-likeness (QED) is 0.442. The maximum atomic E-state index is 13.3. The molecule has 0 N–H and O–H groups in total. The molecule has 0 aliphatic heterocycles. The molecule has 0 spiro atoms. The molecule has 0 radical (unpaired) electrons. The van der Waals surface area contributed by atoms with Crippen LogP contribution in [0, 0.1) is 0 Å². The molecule has 7 nitrogen and oxygen atoms in total. The van der Waals surface area contributed by atoms with Crippen molar-refractivity contribution in [2.75, 3.05) is 5.75 Å². The third-order valence-electron chi connectivity index (χ3n) is 4.64. The molecule has 0 saturated carbocycles. The molecule has 0 bridgehead atoms. The molecule has 0 aliphatic carbocycles. The molecule has 3 heterocycles. The lowest BCUT2D eigenvalue weighted by atomic mass is 10.2. The minimum absolute atomic E-state index is 0.188. The van der Waals surface area contributed by atoms with E-state index >= 15 is 0 Å². The largest absolute Gasteiger partial charge is 0.474 e. The summed E-state index contributed by atoms with van der Waals surface area (Å²) in [6.45, 7) is 1.02. The monoisotopic (exact) mass is 533 g/mol. The SMILES string of the molecule is CCS(=O)(=NC(=O)C(F)(F)F)c1cc(C(F)(F)F)cnc1-c1nc2cc(C(F)(F)F)cnc2n1C. The highest BCUT2D eigenvalue weighted by Gasteiger charge is 2.41. The van der Waals surface area contributed by atoms with Gasteiger partial charge in [0.25, 0.3) is 0 Å². The lowest BCUT2D eigenvalue weighted by molar-refractivity contribution is -0.169. The van der Waals surface area contributed by atoms with Gasteiger partial charge in [0.1, 0.15) is 11.2 Å². The first kappa shape index (κ1) is 26.4. The first-order valence-corrected chi connectivity index (χ1v) is 10.9. The van der Waals surface area contributed by atoms with Gasteiger partial charge < -0.3 is 4.57 Å². The molecule has 3 aromatic rings. The molecular formula is C18H12F9N5O2S. The Kier molecular flexibility index (Phi) is 6.37. The molecule has 0 aliphatic rings. The molecule has 1 unspecified atom stereocenters. The second-order valence-electron chi connectivity index (χ2n) is 6.95. The van der Waals surface area contributed by atoms with Crippen molar-refractivity contribution in [1.82, 2.24) is 19.5 Å². The van der Waals surface area contributed by atoms with Crippen molar-refractivity contribution < 1.29 is 48.5 Å². The fourth-order valence-corrected chi connectivity index (χ4v) is 4.58. The predicted octanol–water partition coefficient (Wildman–Crippen LogP) is 5.00. The van der Waals surface area contributed by atoms with Gasteiger partial charge in [-0.25, -0.2) is 14.2 Å². The minimum Gasteiger partial charge on any atom is -0.310 e. The number of hydrogen-bond acceptors (Lipinski definition) is 5. The molecule has 190 valence electrons. The Morgan fingerprint density at radius 2 is 1.51 bits per heavy atom. The Morgan fingerprint density at radius 1 is 0.971 bits per heavy atom. The fourth-order valence-electron chi connectivity index (χ4n) is 2.91. The number of carbonyl (C=O) groups is 1. The molecule has 0 saturated heterocycles. The van der Waals surface area contributed by atoms with Gasteiger partial charge >= 0.3 is 24.4 Å². The Hall–Kier alpha value is -3.24. The van der Waals surface area contributed by atoms with Gasteiger partial charge in [0.05, 0.1) is 25.8 Å². The number of imidazole rings is 1. The summed E-state index contributed by atoms with van der Waals surface area (Å²) in [4.78, 5) is 21.5. The summed E-state index contributed by atoms with van der Waals surface area (Å²) in [5.74, 6) is -4.09. The zero-order chi connectivity index (χ0) is 26.6. The van der Waals surface area contributed by atoms with Crippen LogP contribution >= 0.6 is 0 Å². The van der Waals surface area contributed by atoms with E-state index in [1.807, 2.05) is 0 Å². The van der Waals surface area contributed by atoms with Crippen LogP contribution in [-0.4, -0.2) is 41.6 Å². The normalized spacial score (nSPS) is 14.7. The summed E-state index contributed by atoms with van der Waals surface area (Å²) in [5.41, 5.74) is -3.96. The molecule has 0 aromatic carbocycles. The summed E-state index contributed by atoms with van der Waals surface area (Å²) in [7, 11) is -3.30. The number of aromatic nitrogens is 4. The number of rotatable bonds is 3. The summed E-state index contributed by atoms with van der Waals surface area (Å²) in [5, 5.41) is 0. The van der Waals surface area contributed by atoms with Gasteiger partial charge in [-0.3, -0.25) is 9.78 Å². The van der Waals surface area contributed by atoms with Crippen molar-refractivity contribution >= 4 is 26.8 Å². The smallest absolute Gasteiger partial charge is 0.310 e. The number of nitrogens with zero attached hydrogens (tertiary/aromatic N) is 5. The van der Waals surface area contributed by atoms with Crippen molar-refractivity contribution in [1.29, 1.82) is 0 Å². The van der Waals surface area contributed by atoms with E-state index in [-0.39, 0.29) is 23.4 Å². The Morgan fingerprint density at radius 3 is 2.03 bits per heavy atom. The van der Waals surface area contributed by atoms with E-state index in [0.29, 0.717) is 12.3 Å². The fraction of sp³-hybridized carbons (Fsp3) is 0.333. The van der Waals surface area contributed by atoms with Crippen LogP contribution in [-0.2, 0) is 33.9 Å². The zero-order valence-electron chi connectivity index (χ0n) is 17.4. The molecule has 17 heteroatoms. The van der Waals surface area contributed by atoms with E-state index in [4.69, 9.17) is 0 Å². The van der Waals surface area contributed by atoms with E-state index in [2.05, 4.69) is 19.3 Å². The Labute approximate surface area is 190 Å². The van der Waals surface area contributed by atoms with Crippen LogP contribution in [0.5, 0.6) is 0 Å². The highest BCUT2D eigenvalue weighted by atomic mass is 32.2.